The fourth-order valence-electron chi connectivity index (χ4n) is 2.64. The Balaban J connectivity index is 1.75. The van der Waals surface area contributed by atoms with E-state index in [4.69, 9.17) is 16.3 Å². The highest BCUT2D eigenvalue weighted by atomic mass is 35.5. The third-order valence-electron chi connectivity index (χ3n) is 3.84. The Morgan fingerprint density at radius 2 is 2.00 bits per heavy atom. The van der Waals surface area contributed by atoms with E-state index in [0.717, 1.165) is 18.8 Å². The van der Waals surface area contributed by atoms with Gasteiger partial charge in [0.1, 0.15) is 5.82 Å². The van der Waals surface area contributed by atoms with Gasteiger partial charge < -0.3 is 15.0 Å². The summed E-state index contributed by atoms with van der Waals surface area (Å²) >= 11 is 6.08. The van der Waals surface area contributed by atoms with Gasteiger partial charge in [0, 0.05) is 24.2 Å². The van der Waals surface area contributed by atoms with Crippen molar-refractivity contribution in [1.82, 2.24) is 0 Å². The lowest BCUT2D eigenvalue weighted by molar-refractivity contribution is -0.111. The summed E-state index contributed by atoms with van der Waals surface area (Å²) in [6.07, 6.45) is 2.94. The highest BCUT2D eigenvalue weighted by Gasteiger charge is 2.16. The fraction of sp³-hybridized carbons (Fsp3) is 0.211. The van der Waals surface area contributed by atoms with Crippen LogP contribution in [0, 0.1) is 5.82 Å². The maximum Gasteiger partial charge on any atom is 0.248 e. The van der Waals surface area contributed by atoms with Crippen molar-refractivity contribution in [1.29, 1.82) is 0 Å². The van der Waals surface area contributed by atoms with Crippen molar-refractivity contribution in [3.8, 4) is 0 Å². The van der Waals surface area contributed by atoms with E-state index < -0.39 is 0 Å². The first-order chi connectivity index (χ1) is 12.1. The molecule has 1 heterocycles. The van der Waals surface area contributed by atoms with E-state index in [-0.39, 0.29) is 11.7 Å². The lowest BCUT2D eigenvalue weighted by Crippen LogP contribution is -2.36. The molecule has 1 aliphatic rings. The molecule has 1 saturated heterocycles. The number of halogens is 2. The van der Waals surface area contributed by atoms with E-state index >= 15 is 0 Å². The van der Waals surface area contributed by atoms with E-state index in [0.29, 0.717) is 29.5 Å². The number of nitrogens with one attached hydrogen (secondary N) is 1. The van der Waals surface area contributed by atoms with E-state index in [1.807, 2.05) is 6.07 Å². The third kappa shape index (κ3) is 4.81. The lowest BCUT2D eigenvalue weighted by Gasteiger charge is -2.30. The highest BCUT2D eigenvalue weighted by molar-refractivity contribution is 6.31. The van der Waals surface area contributed by atoms with Crippen LogP contribution < -0.4 is 10.2 Å². The average Bonchev–Trinajstić information content (AvgIpc) is 2.61. The largest absolute Gasteiger partial charge is 0.378 e. The van der Waals surface area contributed by atoms with Crippen molar-refractivity contribution in [2.75, 3.05) is 36.5 Å². The Morgan fingerprint density at radius 1 is 1.20 bits per heavy atom. The second-order valence-electron chi connectivity index (χ2n) is 5.64. The fourth-order valence-corrected chi connectivity index (χ4v) is 2.82. The molecule has 0 radical (unpaired) electrons. The number of anilines is 2. The predicted molar refractivity (Wildman–Crippen MR) is 98.5 cm³/mol. The van der Waals surface area contributed by atoms with Crippen LogP contribution in [0.2, 0.25) is 5.02 Å². The molecule has 0 saturated carbocycles. The number of amides is 1. The maximum absolute atomic E-state index is 13.2. The Labute approximate surface area is 150 Å². The number of hydrogen-bond acceptors (Lipinski definition) is 3. The van der Waals surface area contributed by atoms with Crippen LogP contribution in [0.25, 0.3) is 6.08 Å². The zero-order chi connectivity index (χ0) is 17.6. The molecule has 1 aliphatic heterocycles. The smallest absolute Gasteiger partial charge is 0.248 e. The normalized spacial score (nSPS) is 14.7. The van der Waals surface area contributed by atoms with Crippen molar-refractivity contribution in [3.63, 3.8) is 0 Å². The number of morpholine rings is 1. The van der Waals surface area contributed by atoms with Crippen LogP contribution in [0.1, 0.15) is 5.56 Å². The number of benzene rings is 2. The summed E-state index contributed by atoms with van der Waals surface area (Å²) in [6.45, 7) is 2.80. The molecule has 4 nitrogen and oxygen atoms in total. The van der Waals surface area contributed by atoms with E-state index in [2.05, 4.69) is 10.2 Å². The van der Waals surface area contributed by atoms with Crippen LogP contribution in [0.4, 0.5) is 15.8 Å². The molecule has 0 bridgehead atoms. The van der Waals surface area contributed by atoms with Crippen LogP contribution in [0.3, 0.4) is 0 Å². The number of nitrogens with zero attached hydrogens (tertiary/aromatic N) is 1. The van der Waals surface area contributed by atoms with E-state index in [1.54, 1.807) is 30.3 Å². The van der Waals surface area contributed by atoms with Gasteiger partial charge in [0.25, 0.3) is 0 Å². The molecule has 3 rings (SSSR count). The minimum absolute atomic E-state index is 0.305. The van der Waals surface area contributed by atoms with Gasteiger partial charge in [-0.1, -0.05) is 23.7 Å². The van der Waals surface area contributed by atoms with Gasteiger partial charge in [0.15, 0.2) is 0 Å². The molecule has 1 fully saturated rings. The van der Waals surface area contributed by atoms with Crippen molar-refractivity contribution >= 4 is 35.0 Å². The highest BCUT2D eigenvalue weighted by Crippen LogP contribution is 2.30. The Morgan fingerprint density at radius 3 is 2.76 bits per heavy atom. The van der Waals surface area contributed by atoms with Crippen molar-refractivity contribution < 1.29 is 13.9 Å². The van der Waals surface area contributed by atoms with Crippen molar-refractivity contribution in [2.24, 2.45) is 0 Å². The molecule has 0 spiro atoms. The van der Waals surface area contributed by atoms with Crippen LogP contribution >= 0.6 is 11.6 Å². The summed E-state index contributed by atoms with van der Waals surface area (Å²) < 4.78 is 18.5. The summed E-state index contributed by atoms with van der Waals surface area (Å²) in [6, 6.07) is 11.5. The van der Waals surface area contributed by atoms with Gasteiger partial charge in [0.05, 0.1) is 24.6 Å². The first kappa shape index (κ1) is 17.5. The van der Waals surface area contributed by atoms with E-state index in [1.165, 1.54) is 18.2 Å². The monoisotopic (exact) mass is 360 g/mol. The number of hydrogen-bond donors (Lipinski definition) is 1. The van der Waals surface area contributed by atoms with Gasteiger partial charge in [-0.3, -0.25) is 4.79 Å². The van der Waals surface area contributed by atoms with Crippen molar-refractivity contribution in [2.45, 2.75) is 0 Å². The first-order valence-corrected chi connectivity index (χ1v) is 8.36. The summed E-state index contributed by atoms with van der Waals surface area (Å²) in [5, 5.41) is 3.39. The predicted octanol–water partition coefficient (Wildman–Crippen LogP) is 3.97. The minimum atomic E-state index is -0.341. The first-order valence-electron chi connectivity index (χ1n) is 7.99. The van der Waals surface area contributed by atoms with Crippen LogP contribution in [-0.4, -0.2) is 32.2 Å². The molecule has 2 aromatic carbocycles. The molecule has 130 valence electrons. The van der Waals surface area contributed by atoms with Gasteiger partial charge in [-0.2, -0.15) is 0 Å². The molecule has 6 heteroatoms. The average molecular weight is 361 g/mol. The molecule has 1 amide bonds. The number of ether oxygens (including phenoxy) is 1. The SMILES string of the molecule is O=C(C=Cc1cccc(F)c1)Nc1cc(Cl)ccc1N1CCOCC1. The van der Waals surface area contributed by atoms with Gasteiger partial charge in [-0.15, -0.1) is 0 Å². The summed E-state index contributed by atoms with van der Waals surface area (Å²) in [7, 11) is 0. The molecule has 0 unspecified atom stereocenters. The Kier molecular flexibility index (Phi) is 5.68. The second-order valence-corrected chi connectivity index (χ2v) is 6.07. The second kappa shape index (κ2) is 8.14. The third-order valence-corrected chi connectivity index (χ3v) is 4.08. The number of rotatable bonds is 4. The molecule has 2 aromatic rings. The van der Waals surface area contributed by atoms with Crippen molar-refractivity contribution in [3.05, 3.63) is 64.9 Å². The zero-order valence-electron chi connectivity index (χ0n) is 13.5. The van der Waals surface area contributed by atoms with Crippen LogP contribution in [0.5, 0.6) is 0 Å². The standard InChI is InChI=1S/C19H18ClFN2O2/c20-15-5-6-18(23-8-10-25-11-9-23)17(13-15)22-19(24)7-4-14-2-1-3-16(21)12-14/h1-7,12-13H,8-11H2,(H,22,24). The molecular formula is C19H18ClFN2O2. The summed E-state index contributed by atoms with van der Waals surface area (Å²) in [5.41, 5.74) is 2.16. The molecule has 0 atom stereocenters. The van der Waals surface area contributed by atoms with Gasteiger partial charge in [0.2, 0.25) is 5.91 Å². The van der Waals surface area contributed by atoms with Crippen LogP contribution in [0.15, 0.2) is 48.5 Å². The van der Waals surface area contributed by atoms with Gasteiger partial charge in [-0.05, 0) is 42.0 Å². The Bertz CT molecular complexity index is 789. The Hall–Kier alpha value is -2.37. The molecule has 25 heavy (non-hydrogen) atoms. The summed E-state index contributed by atoms with van der Waals surface area (Å²) in [5.74, 6) is -0.645. The van der Waals surface area contributed by atoms with Gasteiger partial charge in [-0.25, -0.2) is 4.39 Å². The molecule has 0 aromatic heterocycles. The number of carbonyl (C=O) groups excluding carboxylic acids is 1. The quantitative estimate of drug-likeness (QED) is 0.839. The molecule has 1 N–H and O–H groups in total. The zero-order valence-corrected chi connectivity index (χ0v) is 14.3. The number of carbonyl (C=O) groups is 1. The molecular weight excluding hydrogens is 343 g/mol. The minimum Gasteiger partial charge on any atom is -0.378 e. The van der Waals surface area contributed by atoms with Crippen LogP contribution in [-0.2, 0) is 9.53 Å². The van der Waals surface area contributed by atoms with E-state index in [9.17, 15) is 9.18 Å². The topological polar surface area (TPSA) is 41.6 Å². The maximum atomic E-state index is 13.2. The summed E-state index contributed by atoms with van der Waals surface area (Å²) in [4.78, 5) is 14.4. The lowest BCUT2D eigenvalue weighted by atomic mass is 10.2. The molecule has 0 aliphatic carbocycles. The van der Waals surface area contributed by atoms with Gasteiger partial charge >= 0.3 is 0 Å².